The van der Waals surface area contributed by atoms with Crippen LogP contribution in [0, 0.1) is 27.7 Å². The molecule has 0 radical (unpaired) electrons. The first-order valence-corrected chi connectivity index (χ1v) is 7.11. The Hall–Kier alpha value is -1.62. The van der Waals surface area contributed by atoms with Crippen molar-refractivity contribution >= 4 is 17.4 Å². The Balaban J connectivity index is 1.88. The summed E-state index contributed by atoms with van der Waals surface area (Å²) in [5.41, 5.74) is 4.28. The molecule has 1 N–H and O–H groups in total. The zero-order valence-electron chi connectivity index (χ0n) is 12.4. The van der Waals surface area contributed by atoms with E-state index in [2.05, 4.69) is 33.6 Å². The fourth-order valence-electron chi connectivity index (χ4n) is 2.08. The third kappa shape index (κ3) is 3.28. The quantitative estimate of drug-likeness (QED) is 0.861. The third-order valence-corrected chi connectivity index (χ3v) is 3.77. The first kappa shape index (κ1) is 14.8. The number of hydrogen-bond donors (Lipinski definition) is 1. The average molecular weight is 294 g/mol. The number of nitrogens with zero attached hydrogens (tertiary/aromatic N) is 4. The van der Waals surface area contributed by atoms with E-state index in [9.17, 15) is 0 Å². The summed E-state index contributed by atoms with van der Waals surface area (Å²) in [6, 6.07) is 2.09. The fraction of sp³-hybridized carbons (Fsp3) is 0.500. The highest BCUT2D eigenvalue weighted by atomic mass is 35.5. The highest BCUT2D eigenvalue weighted by Gasteiger charge is 2.07. The van der Waals surface area contributed by atoms with Crippen LogP contribution >= 0.6 is 11.6 Å². The summed E-state index contributed by atoms with van der Waals surface area (Å²) in [6.45, 7) is 9.76. The fourth-order valence-corrected chi connectivity index (χ4v) is 2.26. The van der Waals surface area contributed by atoms with Crippen LogP contribution in [0.3, 0.4) is 0 Å². The lowest BCUT2D eigenvalue weighted by molar-refractivity contribution is 0.573. The first-order valence-electron chi connectivity index (χ1n) is 6.73. The number of anilines is 1. The molecule has 2 heterocycles. The predicted octanol–water partition coefficient (Wildman–Crippen LogP) is 3.06. The Morgan fingerprint density at radius 1 is 1.15 bits per heavy atom. The zero-order valence-corrected chi connectivity index (χ0v) is 13.1. The molecule has 0 saturated heterocycles. The van der Waals surface area contributed by atoms with Gasteiger partial charge in [-0.15, -0.1) is 10.2 Å². The summed E-state index contributed by atoms with van der Waals surface area (Å²) in [5, 5.41) is 16.2. The standard InChI is InChI=1S/C14H20ClN5/c1-9-8-10(2)20(19-9)7-5-6-16-14-12(4)11(3)13(15)17-18-14/h8H,5-7H2,1-4H3,(H,16,18). The summed E-state index contributed by atoms with van der Waals surface area (Å²) >= 11 is 5.93. The molecule has 2 aromatic rings. The van der Waals surface area contributed by atoms with Gasteiger partial charge in [-0.1, -0.05) is 11.6 Å². The average Bonchev–Trinajstić information content (AvgIpc) is 2.72. The van der Waals surface area contributed by atoms with Gasteiger partial charge in [0, 0.05) is 18.8 Å². The molecule has 0 saturated carbocycles. The Morgan fingerprint density at radius 2 is 1.90 bits per heavy atom. The molecule has 0 amide bonds. The maximum atomic E-state index is 5.93. The molecule has 0 aliphatic rings. The minimum absolute atomic E-state index is 0.468. The maximum absolute atomic E-state index is 5.93. The molecule has 0 aromatic carbocycles. The van der Waals surface area contributed by atoms with Crippen molar-refractivity contribution in [3.8, 4) is 0 Å². The Labute approximate surface area is 124 Å². The van der Waals surface area contributed by atoms with E-state index in [-0.39, 0.29) is 0 Å². The van der Waals surface area contributed by atoms with Crippen molar-refractivity contribution in [2.45, 2.75) is 40.7 Å². The third-order valence-electron chi connectivity index (χ3n) is 3.41. The van der Waals surface area contributed by atoms with Gasteiger partial charge in [-0.2, -0.15) is 5.10 Å². The molecular formula is C14H20ClN5. The zero-order chi connectivity index (χ0) is 14.7. The molecule has 2 rings (SSSR count). The highest BCUT2D eigenvalue weighted by molar-refractivity contribution is 6.30. The molecule has 0 fully saturated rings. The van der Waals surface area contributed by atoms with Gasteiger partial charge >= 0.3 is 0 Å². The van der Waals surface area contributed by atoms with Gasteiger partial charge in [0.2, 0.25) is 0 Å². The van der Waals surface area contributed by atoms with Crippen LogP contribution in [0.15, 0.2) is 6.07 Å². The monoisotopic (exact) mass is 293 g/mol. The van der Waals surface area contributed by atoms with Crippen LogP contribution in [0.5, 0.6) is 0 Å². The van der Waals surface area contributed by atoms with Crippen LogP contribution in [0.2, 0.25) is 5.15 Å². The number of aryl methyl sites for hydroxylation is 3. The van der Waals surface area contributed by atoms with E-state index >= 15 is 0 Å². The lowest BCUT2D eigenvalue weighted by atomic mass is 10.2. The van der Waals surface area contributed by atoms with E-state index in [0.29, 0.717) is 5.15 Å². The van der Waals surface area contributed by atoms with Crippen LogP contribution in [-0.2, 0) is 6.54 Å². The van der Waals surface area contributed by atoms with Crippen molar-refractivity contribution < 1.29 is 0 Å². The summed E-state index contributed by atoms with van der Waals surface area (Å²) in [5.74, 6) is 0.806. The van der Waals surface area contributed by atoms with Crippen molar-refractivity contribution in [3.05, 3.63) is 33.7 Å². The van der Waals surface area contributed by atoms with Gasteiger partial charge in [-0.05, 0) is 51.3 Å². The second-order valence-electron chi connectivity index (χ2n) is 5.02. The van der Waals surface area contributed by atoms with Gasteiger partial charge < -0.3 is 5.32 Å². The molecule has 108 valence electrons. The molecule has 2 aromatic heterocycles. The SMILES string of the molecule is Cc1cc(C)n(CCCNc2nnc(Cl)c(C)c2C)n1. The normalized spacial score (nSPS) is 10.8. The van der Waals surface area contributed by atoms with E-state index in [1.807, 2.05) is 25.5 Å². The van der Waals surface area contributed by atoms with Crippen LogP contribution in [0.1, 0.15) is 28.9 Å². The van der Waals surface area contributed by atoms with Crippen LogP contribution < -0.4 is 5.32 Å². The van der Waals surface area contributed by atoms with Crippen LogP contribution in [-0.4, -0.2) is 26.5 Å². The summed E-state index contributed by atoms with van der Waals surface area (Å²) in [6.07, 6.45) is 0.977. The first-order chi connectivity index (χ1) is 9.49. The second-order valence-corrected chi connectivity index (χ2v) is 5.38. The second kappa shape index (κ2) is 6.22. The molecule has 0 aliphatic heterocycles. The van der Waals surface area contributed by atoms with Crippen LogP contribution in [0.4, 0.5) is 5.82 Å². The minimum atomic E-state index is 0.468. The molecule has 5 nitrogen and oxygen atoms in total. The van der Waals surface area contributed by atoms with Gasteiger partial charge in [0.1, 0.15) is 0 Å². The molecule has 0 bridgehead atoms. The molecular weight excluding hydrogens is 274 g/mol. The number of halogens is 1. The van der Waals surface area contributed by atoms with Gasteiger partial charge in [-0.25, -0.2) is 0 Å². The van der Waals surface area contributed by atoms with E-state index < -0.39 is 0 Å². The highest BCUT2D eigenvalue weighted by Crippen LogP contribution is 2.20. The molecule has 0 aliphatic carbocycles. The number of aromatic nitrogens is 4. The number of hydrogen-bond acceptors (Lipinski definition) is 4. The van der Waals surface area contributed by atoms with Crippen molar-refractivity contribution in [3.63, 3.8) is 0 Å². The lowest BCUT2D eigenvalue weighted by Gasteiger charge is -2.10. The Kier molecular flexibility index (Phi) is 4.60. The summed E-state index contributed by atoms with van der Waals surface area (Å²) in [4.78, 5) is 0. The van der Waals surface area contributed by atoms with E-state index in [1.165, 1.54) is 5.69 Å². The predicted molar refractivity (Wildman–Crippen MR) is 81.3 cm³/mol. The van der Waals surface area contributed by atoms with Crippen molar-refractivity contribution in [2.75, 3.05) is 11.9 Å². The summed E-state index contributed by atoms with van der Waals surface area (Å²) < 4.78 is 2.03. The Bertz CT molecular complexity index is 606. The van der Waals surface area contributed by atoms with Crippen molar-refractivity contribution in [1.29, 1.82) is 0 Å². The largest absolute Gasteiger partial charge is 0.368 e. The molecule has 0 unspecified atom stereocenters. The maximum Gasteiger partial charge on any atom is 0.155 e. The van der Waals surface area contributed by atoms with Gasteiger partial charge in [0.25, 0.3) is 0 Å². The van der Waals surface area contributed by atoms with Crippen molar-refractivity contribution in [2.24, 2.45) is 0 Å². The summed E-state index contributed by atoms with van der Waals surface area (Å²) in [7, 11) is 0. The van der Waals surface area contributed by atoms with Gasteiger partial charge in [-0.3, -0.25) is 4.68 Å². The van der Waals surface area contributed by atoms with Crippen LogP contribution in [0.25, 0.3) is 0 Å². The smallest absolute Gasteiger partial charge is 0.155 e. The van der Waals surface area contributed by atoms with Crippen molar-refractivity contribution in [1.82, 2.24) is 20.0 Å². The molecule has 6 heteroatoms. The van der Waals surface area contributed by atoms with E-state index in [4.69, 9.17) is 11.6 Å². The Morgan fingerprint density at radius 3 is 2.55 bits per heavy atom. The lowest BCUT2D eigenvalue weighted by Crippen LogP contribution is -2.11. The molecule has 0 atom stereocenters. The number of nitrogens with one attached hydrogen (secondary N) is 1. The molecule has 20 heavy (non-hydrogen) atoms. The number of rotatable bonds is 5. The van der Waals surface area contributed by atoms with Gasteiger partial charge in [0.05, 0.1) is 5.69 Å². The minimum Gasteiger partial charge on any atom is -0.368 e. The van der Waals surface area contributed by atoms with E-state index in [0.717, 1.165) is 42.1 Å². The van der Waals surface area contributed by atoms with E-state index in [1.54, 1.807) is 0 Å². The van der Waals surface area contributed by atoms with Gasteiger partial charge in [0.15, 0.2) is 11.0 Å². The molecule has 0 spiro atoms. The topological polar surface area (TPSA) is 55.6 Å².